The molecular weight excluding hydrogens is 272 g/mol. The number of piperidine rings is 1. The number of nitrogens with zero attached hydrogens (tertiary/aromatic N) is 2. The van der Waals surface area contributed by atoms with Gasteiger partial charge in [0.25, 0.3) is 0 Å². The number of carboxylic acid groups (broad SMARTS) is 1. The SMILES string of the molecule is O=C(O)c1ccc2c(NC3CCCNC3=O)ncnc2c1. The zero-order chi connectivity index (χ0) is 14.8. The van der Waals surface area contributed by atoms with E-state index in [1.807, 2.05) is 0 Å². The number of fused-ring (bicyclic) bond motifs is 1. The fraction of sp³-hybridized carbons (Fsp3) is 0.286. The molecule has 1 fully saturated rings. The van der Waals surface area contributed by atoms with E-state index in [0.717, 1.165) is 12.8 Å². The number of carboxylic acids is 1. The maximum absolute atomic E-state index is 11.8. The van der Waals surface area contributed by atoms with Crippen LogP contribution in [0, 0.1) is 0 Å². The summed E-state index contributed by atoms with van der Waals surface area (Å²) in [7, 11) is 0. The van der Waals surface area contributed by atoms with Crippen molar-refractivity contribution >= 4 is 28.6 Å². The number of aromatic carboxylic acids is 1. The predicted octanol–water partition coefficient (Wildman–Crippen LogP) is 1.02. The van der Waals surface area contributed by atoms with Crippen LogP contribution in [-0.2, 0) is 4.79 Å². The molecule has 0 aliphatic carbocycles. The Balaban J connectivity index is 1.95. The van der Waals surface area contributed by atoms with E-state index in [1.165, 1.54) is 18.5 Å². The minimum absolute atomic E-state index is 0.0461. The van der Waals surface area contributed by atoms with Crippen LogP contribution < -0.4 is 10.6 Å². The van der Waals surface area contributed by atoms with Gasteiger partial charge >= 0.3 is 5.97 Å². The number of hydrogen-bond donors (Lipinski definition) is 3. The lowest BCUT2D eigenvalue weighted by molar-refractivity contribution is -0.123. The van der Waals surface area contributed by atoms with E-state index in [2.05, 4.69) is 20.6 Å². The van der Waals surface area contributed by atoms with E-state index >= 15 is 0 Å². The summed E-state index contributed by atoms with van der Waals surface area (Å²) in [6, 6.07) is 4.32. The molecule has 3 N–H and O–H groups in total. The van der Waals surface area contributed by atoms with Gasteiger partial charge in [-0.2, -0.15) is 0 Å². The van der Waals surface area contributed by atoms with E-state index in [4.69, 9.17) is 5.11 Å². The lowest BCUT2D eigenvalue weighted by Crippen LogP contribution is -2.44. The van der Waals surface area contributed by atoms with Gasteiger partial charge < -0.3 is 15.7 Å². The van der Waals surface area contributed by atoms with Crippen LogP contribution in [0.25, 0.3) is 10.9 Å². The highest BCUT2D eigenvalue weighted by atomic mass is 16.4. The van der Waals surface area contributed by atoms with Gasteiger partial charge in [-0.25, -0.2) is 14.8 Å². The summed E-state index contributed by atoms with van der Waals surface area (Å²) in [6.07, 6.45) is 3.01. The van der Waals surface area contributed by atoms with Crippen molar-refractivity contribution in [2.75, 3.05) is 11.9 Å². The summed E-state index contributed by atoms with van der Waals surface area (Å²) in [5.74, 6) is -0.508. The summed E-state index contributed by atoms with van der Waals surface area (Å²) in [5.41, 5.74) is 0.700. The molecule has 3 rings (SSSR count). The molecule has 108 valence electrons. The third-order valence-electron chi connectivity index (χ3n) is 3.48. The molecule has 1 atom stereocenters. The molecule has 1 aromatic heterocycles. The Bertz CT molecular complexity index is 716. The normalized spacial score (nSPS) is 18.3. The quantitative estimate of drug-likeness (QED) is 0.778. The van der Waals surface area contributed by atoms with Crippen molar-refractivity contribution in [3.05, 3.63) is 30.1 Å². The second-order valence-corrected chi connectivity index (χ2v) is 4.89. The van der Waals surface area contributed by atoms with E-state index < -0.39 is 5.97 Å². The average Bonchev–Trinajstić information content (AvgIpc) is 2.49. The molecule has 7 nitrogen and oxygen atoms in total. The first kappa shape index (κ1) is 13.3. The van der Waals surface area contributed by atoms with Crippen LogP contribution in [0.2, 0.25) is 0 Å². The minimum atomic E-state index is -1.00. The maximum atomic E-state index is 11.8. The highest BCUT2D eigenvalue weighted by Crippen LogP contribution is 2.22. The second kappa shape index (κ2) is 5.35. The summed E-state index contributed by atoms with van der Waals surface area (Å²) in [6.45, 7) is 0.698. The average molecular weight is 286 g/mol. The summed E-state index contributed by atoms with van der Waals surface area (Å²) in [5, 5.41) is 15.6. The molecule has 0 spiro atoms. The van der Waals surface area contributed by atoms with Crippen LogP contribution in [0.3, 0.4) is 0 Å². The molecule has 0 bridgehead atoms. The zero-order valence-corrected chi connectivity index (χ0v) is 11.2. The van der Waals surface area contributed by atoms with Gasteiger partial charge in [-0.15, -0.1) is 0 Å². The Kier molecular flexibility index (Phi) is 3.39. The van der Waals surface area contributed by atoms with Gasteiger partial charge in [0.1, 0.15) is 18.2 Å². The molecule has 1 amide bonds. The number of anilines is 1. The molecule has 0 radical (unpaired) electrons. The Morgan fingerprint density at radius 1 is 1.38 bits per heavy atom. The number of benzene rings is 1. The van der Waals surface area contributed by atoms with Crippen molar-refractivity contribution in [3.8, 4) is 0 Å². The van der Waals surface area contributed by atoms with Crippen molar-refractivity contribution in [1.29, 1.82) is 0 Å². The molecule has 7 heteroatoms. The molecule has 0 saturated carbocycles. The Morgan fingerprint density at radius 3 is 3.00 bits per heavy atom. The van der Waals surface area contributed by atoms with Crippen LogP contribution >= 0.6 is 0 Å². The number of nitrogens with one attached hydrogen (secondary N) is 2. The molecule has 21 heavy (non-hydrogen) atoms. The fourth-order valence-electron chi connectivity index (χ4n) is 2.38. The maximum Gasteiger partial charge on any atom is 0.335 e. The van der Waals surface area contributed by atoms with E-state index in [1.54, 1.807) is 6.07 Å². The van der Waals surface area contributed by atoms with Crippen molar-refractivity contribution < 1.29 is 14.7 Å². The monoisotopic (exact) mass is 286 g/mol. The minimum Gasteiger partial charge on any atom is -0.478 e. The Hall–Kier alpha value is -2.70. The predicted molar refractivity (Wildman–Crippen MR) is 76.2 cm³/mol. The zero-order valence-electron chi connectivity index (χ0n) is 11.2. The van der Waals surface area contributed by atoms with Crippen molar-refractivity contribution in [3.63, 3.8) is 0 Å². The van der Waals surface area contributed by atoms with E-state index in [9.17, 15) is 9.59 Å². The van der Waals surface area contributed by atoms with Crippen molar-refractivity contribution in [2.45, 2.75) is 18.9 Å². The molecule has 2 heterocycles. The lowest BCUT2D eigenvalue weighted by Gasteiger charge is -2.23. The number of carbonyl (C=O) groups excluding carboxylic acids is 1. The first-order valence-electron chi connectivity index (χ1n) is 6.67. The molecular formula is C14H14N4O3. The highest BCUT2D eigenvalue weighted by Gasteiger charge is 2.22. The van der Waals surface area contributed by atoms with Gasteiger partial charge in [-0.1, -0.05) is 0 Å². The molecule has 1 unspecified atom stereocenters. The number of aromatic nitrogens is 2. The van der Waals surface area contributed by atoms with E-state index in [0.29, 0.717) is 23.3 Å². The number of amides is 1. The highest BCUT2D eigenvalue weighted by molar-refractivity contribution is 5.97. The smallest absolute Gasteiger partial charge is 0.335 e. The Morgan fingerprint density at radius 2 is 2.24 bits per heavy atom. The topological polar surface area (TPSA) is 104 Å². The molecule has 1 aliphatic heterocycles. The number of carbonyl (C=O) groups is 2. The largest absolute Gasteiger partial charge is 0.478 e. The summed E-state index contributed by atoms with van der Waals surface area (Å²) >= 11 is 0. The van der Waals surface area contributed by atoms with Gasteiger partial charge in [0.05, 0.1) is 11.1 Å². The second-order valence-electron chi connectivity index (χ2n) is 4.89. The molecule has 1 aromatic carbocycles. The fourth-order valence-corrected chi connectivity index (χ4v) is 2.38. The Labute approximate surface area is 120 Å². The van der Waals surface area contributed by atoms with Crippen molar-refractivity contribution in [2.24, 2.45) is 0 Å². The summed E-state index contributed by atoms with van der Waals surface area (Å²) in [4.78, 5) is 31.0. The van der Waals surface area contributed by atoms with Crippen LogP contribution in [0.4, 0.5) is 5.82 Å². The first-order valence-corrected chi connectivity index (χ1v) is 6.67. The van der Waals surface area contributed by atoms with E-state index in [-0.39, 0.29) is 17.5 Å². The summed E-state index contributed by atoms with van der Waals surface area (Å²) < 4.78 is 0. The van der Waals surface area contributed by atoms with Crippen LogP contribution in [0.1, 0.15) is 23.2 Å². The number of rotatable bonds is 3. The van der Waals surface area contributed by atoms with Gasteiger partial charge in [0.2, 0.25) is 5.91 Å². The number of hydrogen-bond acceptors (Lipinski definition) is 5. The molecule has 1 saturated heterocycles. The molecule has 2 aromatic rings. The van der Waals surface area contributed by atoms with Gasteiger partial charge in [-0.3, -0.25) is 4.79 Å². The first-order chi connectivity index (χ1) is 10.1. The standard InChI is InChI=1S/C14H14N4O3/c19-13-10(2-1-5-15-13)18-12-9-4-3-8(14(20)21)6-11(9)16-7-17-12/h3-4,6-7,10H,1-2,5H2,(H,15,19)(H,20,21)(H,16,17,18). The van der Waals surface area contributed by atoms with Crippen LogP contribution in [0.15, 0.2) is 24.5 Å². The van der Waals surface area contributed by atoms with Crippen LogP contribution in [-0.4, -0.2) is 39.5 Å². The third-order valence-corrected chi connectivity index (χ3v) is 3.48. The third kappa shape index (κ3) is 2.62. The van der Waals surface area contributed by atoms with Gasteiger partial charge in [0, 0.05) is 11.9 Å². The van der Waals surface area contributed by atoms with Crippen LogP contribution in [0.5, 0.6) is 0 Å². The van der Waals surface area contributed by atoms with Gasteiger partial charge in [-0.05, 0) is 31.0 Å². The van der Waals surface area contributed by atoms with Crippen molar-refractivity contribution in [1.82, 2.24) is 15.3 Å². The van der Waals surface area contributed by atoms with Gasteiger partial charge in [0.15, 0.2) is 0 Å². The molecule has 1 aliphatic rings. The lowest BCUT2D eigenvalue weighted by atomic mass is 10.1.